The van der Waals surface area contributed by atoms with E-state index < -0.39 is 0 Å². The van der Waals surface area contributed by atoms with Crippen molar-refractivity contribution in [3.05, 3.63) is 0 Å². The Morgan fingerprint density at radius 1 is 1.18 bits per heavy atom. The van der Waals surface area contributed by atoms with E-state index in [1.54, 1.807) is 9.80 Å². The van der Waals surface area contributed by atoms with Crippen molar-refractivity contribution in [2.24, 2.45) is 5.41 Å². The molecule has 0 spiro atoms. The van der Waals surface area contributed by atoms with Gasteiger partial charge in [0.1, 0.15) is 0 Å². The van der Waals surface area contributed by atoms with Crippen molar-refractivity contribution in [3.63, 3.8) is 0 Å². The average molecular weight is 256 g/mol. The first-order valence-corrected chi connectivity index (χ1v) is 6.94. The molecule has 0 aromatic heterocycles. The molecular formula is C12H20N2O2S. The highest BCUT2D eigenvalue weighted by molar-refractivity contribution is 7.80. The van der Waals surface area contributed by atoms with Gasteiger partial charge < -0.3 is 9.80 Å². The lowest BCUT2D eigenvalue weighted by Gasteiger charge is -2.35. The molecule has 0 N–H and O–H groups in total. The van der Waals surface area contributed by atoms with E-state index in [4.69, 9.17) is 0 Å². The van der Waals surface area contributed by atoms with Crippen molar-refractivity contribution in [3.8, 4) is 0 Å². The quantitative estimate of drug-likeness (QED) is 0.583. The van der Waals surface area contributed by atoms with Gasteiger partial charge >= 0.3 is 11.8 Å². The normalized spacial score (nSPS) is 23.2. The maximum Gasteiger partial charge on any atom is 0.312 e. The van der Waals surface area contributed by atoms with E-state index in [-0.39, 0.29) is 17.2 Å². The first-order chi connectivity index (χ1) is 8.12. The lowest BCUT2D eigenvalue weighted by Crippen LogP contribution is -2.55. The zero-order valence-corrected chi connectivity index (χ0v) is 11.2. The highest BCUT2D eigenvalue weighted by Gasteiger charge is 2.45. The monoisotopic (exact) mass is 256 g/mol. The topological polar surface area (TPSA) is 40.6 Å². The van der Waals surface area contributed by atoms with E-state index in [2.05, 4.69) is 12.6 Å². The molecule has 0 atom stereocenters. The molecule has 1 heterocycles. The lowest BCUT2D eigenvalue weighted by atomic mass is 10.1. The van der Waals surface area contributed by atoms with Gasteiger partial charge in [0.25, 0.3) is 0 Å². The van der Waals surface area contributed by atoms with Crippen LogP contribution in [0.1, 0.15) is 26.2 Å². The summed E-state index contributed by atoms with van der Waals surface area (Å²) >= 11 is 4.33. The van der Waals surface area contributed by atoms with Crippen LogP contribution in [-0.2, 0) is 9.59 Å². The van der Waals surface area contributed by atoms with Crippen LogP contribution in [0.4, 0.5) is 0 Å². The SMILES string of the molecule is CCCN1CCN(CC2(CS)CC2)C(=O)C1=O. The van der Waals surface area contributed by atoms with Crippen molar-refractivity contribution >= 4 is 24.4 Å². The maximum absolute atomic E-state index is 11.9. The molecule has 17 heavy (non-hydrogen) atoms. The summed E-state index contributed by atoms with van der Waals surface area (Å²) < 4.78 is 0. The zero-order valence-electron chi connectivity index (χ0n) is 10.3. The smallest absolute Gasteiger partial charge is 0.312 e. The number of thiol groups is 1. The van der Waals surface area contributed by atoms with Crippen molar-refractivity contribution in [1.29, 1.82) is 0 Å². The summed E-state index contributed by atoms with van der Waals surface area (Å²) in [5.41, 5.74) is 0.200. The van der Waals surface area contributed by atoms with Gasteiger partial charge in [0.15, 0.2) is 0 Å². The van der Waals surface area contributed by atoms with Crippen LogP contribution in [0, 0.1) is 5.41 Å². The molecule has 0 aromatic rings. The van der Waals surface area contributed by atoms with Crippen molar-refractivity contribution in [2.75, 3.05) is 31.9 Å². The van der Waals surface area contributed by atoms with Crippen LogP contribution in [0.5, 0.6) is 0 Å². The number of piperazine rings is 1. The van der Waals surface area contributed by atoms with E-state index in [0.717, 1.165) is 25.0 Å². The minimum absolute atomic E-state index is 0.200. The van der Waals surface area contributed by atoms with Crippen LogP contribution < -0.4 is 0 Å². The van der Waals surface area contributed by atoms with Crippen molar-refractivity contribution < 1.29 is 9.59 Å². The van der Waals surface area contributed by atoms with E-state index in [0.29, 0.717) is 26.2 Å². The number of carbonyl (C=O) groups is 2. The Hall–Kier alpha value is -0.710. The average Bonchev–Trinajstić information content (AvgIpc) is 3.10. The van der Waals surface area contributed by atoms with Gasteiger partial charge in [-0.05, 0) is 30.4 Å². The second-order valence-corrected chi connectivity index (χ2v) is 5.49. The van der Waals surface area contributed by atoms with E-state index in [1.807, 2.05) is 6.92 Å². The van der Waals surface area contributed by atoms with Crippen molar-refractivity contribution in [1.82, 2.24) is 9.80 Å². The Morgan fingerprint density at radius 3 is 2.29 bits per heavy atom. The van der Waals surface area contributed by atoms with Gasteiger partial charge in [-0.25, -0.2) is 0 Å². The first-order valence-electron chi connectivity index (χ1n) is 6.31. The minimum Gasteiger partial charge on any atom is -0.333 e. The lowest BCUT2D eigenvalue weighted by molar-refractivity contribution is -0.156. The standard InChI is InChI=1S/C12H20N2O2S/c1-2-5-13-6-7-14(11(16)10(13)15)8-12(9-17)3-4-12/h17H,2-9H2,1H3. The predicted molar refractivity (Wildman–Crippen MR) is 69.0 cm³/mol. The number of carbonyl (C=O) groups excluding carboxylic acids is 2. The van der Waals surface area contributed by atoms with Crippen LogP contribution in [-0.4, -0.2) is 53.5 Å². The summed E-state index contributed by atoms with van der Waals surface area (Å²) in [6, 6.07) is 0. The molecule has 2 fully saturated rings. The summed E-state index contributed by atoms with van der Waals surface area (Å²) in [5, 5.41) is 0. The number of hydrogen-bond acceptors (Lipinski definition) is 3. The summed E-state index contributed by atoms with van der Waals surface area (Å²) in [6.07, 6.45) is 3.17. The van der Waals surface area contributed by atoms with Gasteiger partial charge in [0, 0.05) is 26.2 Å². The molecule has 0 bridgehead atoms. The summed E-state index contributed by atoms with van der Waals surface area (Å²) in [6.45, 7) is 4.78. The number of hydrogen-bond donors (Lipinski definition) is 1. The molecule has 0 aromatic carbocycles. The Labute approximate surface area is 108 Å². The molecule has 5 heteroatoms. The van der Waals surface area contributed by atoms with Crippen LogP contribution in [0.3, 0.4) is 0 Å². The van der Waals surface area contributed by atoms with Gasteiger partial charge in [-0.3, -0.25) is 9.59 Å². The predicted octanol–water partition coefficient (Wildman–Crippen LogP) is 0.777. The number of amides is 2. The van der Waals surface area contributed by atoms with Crippen molar-refractivity contribution in [2.45, 2.75) is 26.2 Å². The summed E-state index contributed by atoms with van der Waals surface area (Å²) in [4.78, 5) is 27.2. The summed E-state index contributed by atoms with van der Waals surface area (Å²) in [5.74, 6) is 0.162. The molecule has 2 amide bonds. The number of nitrogens with zero attached hydrogens (tertiary/aromatic N) is 2. The van der Waals surface area contributed by atoms with Gasteiger partial charge in [-0.2, -0.15) is 12.6 Å². The third kappa shape index (κ3) is 2.59. The third-order valence-electron chi connectivity index (χ3n) is 3.71. The summed E-state index contributed by atoms with van der Waals surface area (Å²) in [7, 11) is 0. The second-order valence-electron chi connectivity index (χ2n) is 5.18. The first kappa shape index (κ1) is 12.7. The second kappa shape index (κ2) is 4.88. The highest BCUT2D eigenvalue weighted by atomic mass is 32.1. The van der Waals surface area contributed by atoms with Crippen LogP contribution in [0.15, 0.2) is 0 Å². The Morgan fingerprint density at radius 2 is 1.76 bits per heavy atom. The van der Waals surface area contributed by atoms with E-state index >= 15 is 0 Å². The third-order valence-corrected chi connectivity index (χ3v) is 4.38. The van der Waals surface area contributed by atoms with E-state index in [9.17, 15) is 9.59 Å². The Balaban J connectivity index is 1.94. The fourth-order valence-electron chi connectivity index (χ4n) is 2.30. The molecule has 0 unspecified atom stereocenters. The Bertz CT molecular complexity index is 328. The molecular weight excluding hydrogens is 236 g/mol. The van der Waals surface area contributed by atoms with E-state index in [1.165, 1.54) is 0 Å². The zero-order chi connectivity index (χ0) is 12.5. The maximum atomic E-state index is 11.9. The largest absolute Gasteiger partial charge is 0.333 e. The molecule has 1 saturated carbocycles. The molecule has 0 radical (unpaired) electrons. The molecule has 1 saturated heterocycles. The van der Waals surface area contributed by atoms with Gasteiger partial charge in [-0.15, -0.1) is 0 Å². The van der Waals surface area contributed by atoms with Gasteiger partial charge in [0.05, 0.1) is 0 Å². The number of rotatable bonds is 5. The fourth-order valence-corrected chi connectivity index (χ4v) is 2.71. The minimum atomic E-state index is -0.326. The molecule has 1 aliphatic heterocycles. The highest BCUT2D eigenvalue weighted by Crippen LogP contribution is 2.47. The van der Waals surface area contributed by atoms with Gasteiger partial charge in [0.2, 0.25) is 0 Å². The molecule has 4 nitrogen and oxygen atoms in total. The fraction of sp³-hybridized carbons (Fsp3) is 0.833. The molecule has 2 rings (SSSR count). The van der Waals surface area contributed by atoms with Crippen LogP contribution in [0.25, 0.3) is 0 Å². The van der Waals surface area contributed by atoms with Crippen LogP contribution in [0.2, 0.25) is 0 Å². The molecule has 96 valence electrons. The van der Waals surface area contributed by atoms with Gasteiger partial charge in [-0.1, -0.05) is 6.92 Å². The molecule has 1 aliphatic carbocycles. The van der Waals surface area contributed by atoms with Crippen LogP contribution >= 0.6 is 12.6 Å². The Kier molecular flexibility index (Phi) is 3.66. The molecule has 2 aliphatic rings.